The standard InChI is InChI=1S/C16H17ClN2O2/c1-10-3-2-6-19(9-10)16(21)15(20)13-8-18-14-7-11(17)4-5-12(13)14/h4-5,7-8,10,18H,2-3,6,9H2,1H3. The first kappa shape index (κ1) is 14.1. The maximum Gasteiger partial charge on any atom is 0.295 e. The average Bonchev–Trinajstić information content (AvgIpc) is 2.88. The summed E-state index contributed by atoms with van der Waals surface area (Å²) in [6, 6.07) is 5.25. The summed E-state index contributed by atoms with van der Waals surface area (Å²) >= 11 is 5.93. The molecule has 110 valence electrons. The van der Waals surface area contributed by atoms with Crippen molar-refractivity contribution in [3.63, 3.8) is 0 Å². The molecule has 1 aliphatic rings. The molecule has 1 saturated heterocycles. The van der Waals surface area contributed by atoms with Crippen molar-refractivity contribution in [3.05, 3.63) is 35.0 Å². The van der Waals surface area contributed by atoms with Crippen LogP contribution in [0.25, 0.3) is 10.9 Å². The van der Waals surface area contributed by atoms with Gasteiger partial charge in [0.05, 0.1) is 5.56 Å². The SMILES string of the molecule is CC1CCCN(C(=O)C(=O)c2c[nH]c3cc(Cl)ccc23)C1. The lowest BCUT2D eigenvalue weighted by atomic mass is 9.99. The van der Waals surface area contributed by atoms with Crippen molar-refractivity contribution in [2.45, 2.75) is 19.8 Å². The van der Waals surface area contributed by atoms with Crippen LogP contribution in [0.2, 0.25) is 5.02 Å². The highest BCUT2D eigenvalue weighted by molar-refractivity contribution is 6.45. The predicted octanol–water partition coefficient (Wildman–Crippen LogP) is 3.26. The van der Waals surface area contributed by atoms with Crippen LogP contribution in [0.1, 0.15) is 30.1 Å². The van der Waals surface area contributed by atoms with Gasteiger partial charge in [0.1, 0.15) is 0 Å². The molecule has 5 heteroatoms. The highest BCUT2D eigenvalue weighted by Crippen LogP contribution is 2.23. The third-order valence-corrected chi connectivity index (χ3v) is 4.26. The Bertz CT molecular complexity index is 707. The van der Waals surface area contributed by atoms with E-state index in [-0.39, 0.29) is 0 Å². The second-order valence-electron chi connectivity index (χ2n) is 5.72. The maximum absolute atomic E-state index is 12.5. The molecule has 0 aliphatic carbocycles. The summed E-state index contributed by atoms with van der Waals surface area (Å²) in [4.78, 5) is 29.5. The highest BCUT2D eigenvalue weighted by Gasteiger charge is 2.28. The molecule has 0 bridgehead atoms. The van der Waals surface area contributed by atoms with E-state index in [0.717, 1.165) is 23.7 Å². The van der Waals surface area contributed by atoms with Crippen LogP contribution >= 0.6 is 11.6 Å². The average molecular weight is 305 g/mol. The molecule has 4 nitrogen and oxygen atoms in total. The number of halogens is 1. The van der Waals surface area contributed by atoms with Gasteiger partial charge in [-0.25, -0.2) is 0 Å². The lowest BCUT2D eigenvalue weighted by Gasteiger charge is -2.30. The Hall–Kier alpha value is -1.81. The first-order valence-corrected chi connectivity index (χ1v) is 7.54. The Morgan fingerprint density at radius 1 is 1.38 bits per heavy atom. The number of hydrogen-bond donors (Lipinski definition) is 1. The number of fused-ring (bicyclic) bond motifs is 1. The van der Waals surface area contributed by atoms with Crippen molar-refractivity contribution in [1.29, 1.82) is 0 Å². The van der Waals surface area contributed by atoms with E-state index in [4.69, 9.17) is 11.6 Å². The van der Waals surface area contributed by atoms with Crippen molar-refractivity contribution in [3.8, 4) is 0 Å². The van der Waals surface area contributed by atoms with Gasteiger partial charge in [-0.3, -0.25) is 9.59 Å². The second-order valence-corrected chi connectivity index (χ2v) is 6.16. The van der Waals surface area contributed by atoms with Crippen LogP contribution < -0.4 is 0 Å². The van der Waals surface area contributed by atoms with Crippen molar-refractivity contribution >= 4 is 34.2 Å². The van der Waals surface area contributed by atoms with E-state index >= 15 is 0 Å². The number of piperidine rings is 1. The number of nitrogens with zero attached hydrogens (tertiary/aromatic N) is 1. The molecule has 0 saturated carbocycles. The fourth-order valence-electron chi connectivity index (χ4n) is 2.92. The molecule has 1 fully saturated rings. The summed E-state index contributed by atoms with van der Waals surface area (Å²) < 4.78 is 0. The van der Waals surface area contributed by atoms with Crippen LogP contribution in [0, 0.1) is 5.92 Å². The molecule has 21 heavy (non-hydrogen) atoms. The van der Waals surface area contributed by atoms with E-state index in [1.165, 1.54) is 0 Å². The van der Waals surface area contributed by atoms with Gasteiger partial charge in [0.25, 0.3) is 11.7 Å². The summed E-state index contributed by atoms with van der Waals surface area (Å²) in [5.74, 6) is -0.396. The Morgan fingerprint density at radius 2 is 2.19 bits per heavy atom. The molecule has 1 N–H and O–H groups in total. The van der Waals surface area contributed by atoms with Gasteiger partial charge in [0, 0.05) is 35.2 Å². The van der Waals surface area contributed by atoms with Gasteiger partial charge in [-0.1, -0.05) is 24.6 Å². The zero-order valence-electron chi connectivity index (χ0n) is 11.9. The van der Waals surface area contributed by atoms with Crippen LogP contribution in [0.15, 0.2) is 24.4 Å². The number of likely N-dealkylation sites (tertiary alicyclic amines) is 1. The van der Waals surface area contributed by atoms with Crippen LogP contribution in [-0.2, 0) is 4.79 Å². The van der Waals surface area contributed by atoms with Crippen LogP contribution in [-0.4, -0.2) is 34.7 Å². The minimum atomic E-state index is -0.447. The molecule has 3 rings (SSSR count). The van der Waals surface area contributed by atoms with E-state index < -0.39 is 11.7 Å². The monoisotopic (exact) mass is 304 g/mol. The van der Waals surface area contributed by atoms with E-state index in [9.17, 15) is 9.59 Å². The Labute approximate surface area is 128 Å². The van der Waals surface area contributed by atoms with Gasteiger partial charge < -0.3 is 9.88 Å². The predicted molar refractivity (Wildman–Crippen MR) is 82.6 cm³/mol. The summed E-state index contributed by atoms with van der Waals surface area (Å²) in [5, 5.41) is 1.34. The molecule has 1 amide bonds. The van der Waals surface area contributed by atoms with Gasteiger partial charge in [0.15, 0.2) is 0 Å². The molecule has 2 aromatic rings. The first-order chi connectivity index (χ1) is 10.1. The Kier molecular flexibility index (Phi) is 3.72. The first-order valence-electron chi connectivity index (χ1n) is 7.16. The number of carbonyl (C=O) groups is 2. The summed E-state index contributed by atoms with van der Waals surface area (Å²) in [6.07, 6.45) is 3.67. The van der Waals surface area contributed by atoms with Crippen LogP contribution in [0.3, 0.4) is 0 Å². The zero-order valence-corrected chi connectivity index (χ0v) is 12.6. The highest BCUT2D eigenvalue weighted by atomic mass is 35.5. The molecule has 0 radical (unpaired) electrons. The fourth-order valence-corrected chi connectivity index (χ4v) is 3.09. The number of nitrogens with one attached hydrogen (secondary N) is 1. The molecular formula is C16H17ClN2O2. The summed E-state index contributed by atoms with van der Waals surface area (Å²) in [6.45, 7) is 3.44. The number of rotatable bonds is 2. The molecule has 2 heterocycles. The van der Waals surface area contributed by atoms with E-state index in [0.29, 0.717) is 29.6 Å². The summed E-state index contributed by atoms with van der Waals surface area (Å²) in [5.41, 5.74) is 1.19. The summed E-state index contributed by atoms with van der Waals surface area (Å²) in [7, 11) is 0. The number of benzene rings is 1. The number of aromatic amines is 1. The molecular weight excluding hydrogens is 288 g/mol. The topological polar surface area (TPSA) is 53.2 Å². The Morgan fingerprint density at radius 3 is 2.95 bits per heavy atom. The Balaban J connectivity index is 1.88. The quantitative estimate of drug-likeness (QED) is 0.684. The minimum absolute atomic E-state index is 0.405. The molecule has 1 aliphatic heterocycles. The lowest BCUT2D eigenvalue weighted by molar-refractivity contribution is -0.128. The number of amides is 1. The van der Waals surface area contributed by atoms with Crippen LogP contribution in [0.5, 0.6) is 0 Å². The smallest absolute Gasteiger partial charge is 0.295 e. The number of Topliss-reactive ketones (excluding diaryl/α,β-unsaturated/α-hetero) is 1. The molecule has 1 unspecified atom stereocenters. The number of aromatic nitrogens is 1. The molecule has 1 aromatic heterocycles. The van der Waals surface area contributed by atoms with Crippen LogP contribution in [0.4, 0.5) is 0 Å². The van der Waals surface area contributed by atoms with Crippen molar-refractivity contribution in [1.82, 2.24) is 9.88 Å². The van der Waals surface area contributed by atoms with Gasteiger partial charge in [-0.2, -0.15) is 0 Å². The minimum Gasteiger partial charge on any atom is -0.360 e. The van der Waals surface area contributed by atoms with E-state index in [1.807, 2.05) is 0 Å². The van der Waals surface area contributed by atoms with E-state index in [2.05, 4.69) is 11.9 Å². The van der Waals surface area contributed by atoms with Gasteiger partial charge in [0.2, 0.25) is 0 Å². The van der Waals surface area contributed by atoms with Crippen molar-refractivity contribution in [2.24, 2.45) is 5.92 Å². The lowest BCUT2D eigenvalue weighted by Crippen LogP contribution is -2.42. The molecule has 1 atom stereocenters. The van der Waals surface area contributed by atoms with Gasteiger partial charge in [-0.05, 0) is 30.9 Å². The number of ketones is 1. The zero-order chi connectivity index (χ0) is 15.0. The second kappa shape index (κ2) is 5.53. The normalized spacial score (nSPS) is 19.0. The fraction of sp³-hybridized carbons (Fsp3) is 0.375. The molecule has 1 aromatic carbocycles. The van der Waals surface area contributed by atoms with Gasteiger partial charge in [-0.15, -0.1) is 0 Å². The molecule has 0 spiro atoms. The number of H-pyrrole nitrogens is 1. The van der Waals surface area contributed by atoms with Gasteiger partial charge >= 0.3 is 0 Å². The number of hydrogen-bond acceptors (Lipinski definition) is 2. The largest absolute Gasteiger partial charge is 0.360 e. The third kappa shape index (κ3) is 2.68. The van der Waals surface area contributed by atoms with Crippen molar-refractivity contribution < 1.29 is 9.59 Å². The van der Waals surface area contributed by atoms with E-state index in [1.54, 1.807) is 29.3 Å². The third-order valence-electron chi connectivity index (χ3n) is 4.03. The maximum atomic E-state index is 12.5. The van der Waals surface area contributed by atoms with Crippen molar-refractivity contribution in [2.75, 3.05) is 13.1 Å². The number of carbonyl (C=O) groups excluding carboxylic acids is 2.